The zero-order valence-corrected chi connectivity index (χ0v) is 12.4. The molecule has 2 fully saturated rings. The molecular weight excluding hydrogens is 224 g/mol. The number of aliphatic hydroxyl groups is 1. The average Bonchev–Trinajstić information content (AvgIpc) is 2.78. The van der Waals surface area contributed by atoms with Crippen LogP contribution in [0.1, 0.15) is 40.5 Å². The molecular formula is C15H30N2O. The van der Waals surface area contributed by atoms with Crippen LogP contribution in [-0.2, 0) is 0 Å². The Balaban J connectivity index is 1.71. The van der Waals surface area contributed by atoms with Gasteiger partial charge in [0, 0.05) is 31.1 Å². The Morgan fingerprint density at radius 3 is 2.61 bits per heavy atom. The van der Waals surface area contributed by atoms with E-state index in [4.69, 9.17) is 0 Å². The normalized spacial score (nSPS) is 34.8. The zero-order chi connectivity index (χ0) is 13.3. The summed E-state index contributed by atoms with van der Waals surface area (Å²) in [6.45, 7) is 13.6. The van der Waals surface area contributed by atoms with E-state index in [0.717, 1.165) is 25.4 Å². The Hall–Kier alpha value is -0.120. The highest BCUT2D eigenvalue weighted by Crippen LogP contribution is 2.38. The fraction of sp³-hybridized carbons (Fsp3) is 1.00. The van der Waals surface area contributed by atoms with Crippen LogP contribution in [0.25, 0.3) is 0 Å². The Morgan fingerprint density at radius 1 is 1.28 bits per heavy atom. The SMILES string of the molecule is CC(CNC(C)(C)C)CN1CC2CCC(O)C2C1. The molecule has 2 aliphatic rings. The second-order valence-electron chi connectivity index (χ2n) is 7.52. The summed E-state index contributed by atoms with van der Waals surface area (Å²) in [6.07, 6.45) is 2.24. The summed E-state index contributed by atoms with van der Waals surface area (Å²) >= 11 is 0. The maximum atomic E-state index is 9.92. The van der Waals surface area contributed by atoms with Gasteiger partial charge in [-0.15, -0.1) is 0 Å². The highest BCUT2D eigenvalue weighted by atomic mass is 16.3. The molecule has 0 bridgehead atoms. The first-order chi connectivity index (χ1) is 8.35. The summed E-state index contributed by atoms with van der Waals surface area (Å²) < 4.78 is 0. The summed E-state index contributed by atoms with van der Waals surface area (Å²) in [5, 5.41) is 13.5. The van der Waals surface area contributed by atoms with Gasteiger partial charge in [-0.1, -0.05) is 6.92 Å². The second kappa shape index (κ2) is 5.48. The number of likely N-dealkylation sites (tertiary alicyclic amines) is 1. The van der Waals surface area contributed by atoms with Gasteiger partial charge in [-0.25, -0.2) is 0 Å². The molecule has 106 valence electrons. The molecule has 4 atom stereocenters. The molecule has 0 aromatic carbocycles. The third-order valence-electron chi connectivity index (χ3n) is 4.45. The van der Waals surface area contributed by atoms with Crippen LogP contribution < -0.4 is 5.32 Å². The highest BCUT2D eigenvalue weighted by Gasteiger charge is 2.41. The fourth-order valence-electron chi connectivity index (χ4n) is 3.46. The Bertz CT molecular complexity index is 274. The first-order valence-electron chi connectivity index (χ1n) is 7.50. The lowest BCUT2D eigenvalue weighted by Crippen LogP contribution is -2.41. The monoisotopic (exact) mass is 254 g/mol. The first kappa shape index (κ1) is 14.3. The predicted octanol–water partition coefficient (Wildman–Crippen LogP) is 1.71. The topological polar surface area (TPSA) is 35.5 Å². The van der Waals surface area contributed by atoms with Gasteiger partial charge in [0.15, 0.2) is 0 Å². The van der Waals surface area contributed by atoms with Crippen molar-refractivity contribution in [3.63, 3.8) is 0 Å². The maximum Gasteiger partial charge on any atom is 0.0583 e. The van der Waals surface area contributed by atoms with Crippen LogP contribution in [0.2, 0.25) is 0 Å². The van der Waals surface area contributed by atoms with Crippen LogP contribution in [0.3, 0.4) is 0 Å². The highest BCUT2D eigenvalue weighted by molar-refractivity contribution is 4.93. The Morgan fingerprint density at radius 2 is 2.00 bits per heavy atom. The van der Waals surface area contributed by atoms with Crippen LogP contribution in [-0.4, -0.2) is 47.8 Å². The molecule has 0 aromatic rings. The summed E-state index contributed by atoms with van der Waals surface area (Å²) in [5.74, 6) is 2.01. The van der Waals surface area contributed by atoms with Gasteiger partial charge >= 0.3 is 0 Å². The predicted molar refractivity (Wildman–Crippen MR) is 75.6 cm³/mol. The lowest BCUT2D eigenvalue weighted by atomic mass is 10.00. The van der Waals surface area contributed by atoms with Gasteiger partial charge in [0.05, 0.1) is 6.10 Å². The average molecular weight is 254 g/mol. The van der Waals surface area contributed by atoms with E-state index in [1.54, 1.807) is 0 Å². The number of hydrogen-bond acceptors (Lipinski definition) is 3. The van der Waals surface area contributed by atoms with E-state index in [-0.39, 0.29) is 11.6 Å². The number of fused-ring (bicyclic) bond motifs is 1. The maximum absolute atomic E-state index is 9.92. The standard InChI is InChI=1S/C15H30N2O/c1-11(7-16-15(2,3)4)8-17-9-12-5-6-14(18)13(12)10-17/h11-14,16,18H,5-10H2,1-4H3. The molecule has 0 amide bonds. The van der Waals surface area contributed by atoms with Gasteiger partial charge in [-0.2, -0.15) is 0 Å². The van der Waals surface area contributed by atoms with Crippen LogP contribution in [0.4, 0.5) is 0 Å². The van der Waals surface area contributed by atoms with E-state index >= 15 is 0 Å². The van der Waals surface area contributed by atoms with Crippen molar-refractivity contribution in [2.24, 2.45) is 17.8 Å². The van der Waals surface area contributed by atoms with E-state index in [1.807, 2.05) is 0 Å². The van der Waals surface area contributed by atoms with Crippen molar-refractivity contribution >= 4 is 0 Å². The van der Waals surface area contributed by atoms with Gasteiger partial charge in [-0.3, -0.25) is 0 Å². The number of aliphatic hydroxyl groups excluding tert-OH is 1. The Labute approximate surface area is 112 Å². The van der Waals surface area contributed by atoms with Crippen molar-refractivity contribution in [1.82, 2.24) is 10.2 Å². The molecule has 0 aromatic heterocycles. The van der Waals surface area contributed by atoms with Crippen molar-refractivity contribution in [3.8, 4) is 0 Å². The smallest absolute Gasteiger partial charge is 0.0583 e. The summed E-state index contributed by atoms with van der Waals surface area (Å²) in [4.78, 5) is 2.56. The molecule has 3 heteroatoms. The first-order valence-corrected chi connectivity index (χ1v) is 7.50. The molecule has 1 saturated heterocycles. The lowest BCUT2D eigenvalue weighted by Gasteiger charge is -2.26. The van der Waals surface area contributed by atoms with Crippen molar-refractivity contribution in [2.75, 3.05) is 26.2 Å². The second-order valence-corrected chi connectivity index (χ2v) is 7.52. The van der Waals surface area contributed by atoms with Crippen LogP contribution in [0.5, 0.6) is 0 Å². The third-order valence-corrected chi connectivity index (χ3v) is 4.45. The van der Waals surface area contributed by atoms with Crippen LogP contribution in [0.15, 0.2) is 0 Å². The van der Waals surface area contributed by atoms with Crippen molar-refractivity contribution < 1.29 is 5.11 Å². The van der Waals surface area contributed by atoms with Gasteiger partial charge < -0.3 is 15.3 Å². The summed E-state index contributed by atoms with van der Waals surface area (Å²) in [6, 6.07) is 0. The molecule has 4 unspecified atom stereocenters. The largest absolute Gasteiger partial charge is 0.393 e. The van der Waals surface area contributed by atoms with Crippen LogP contribution >= 0.6 is 0 Å². The summed E-state index contributed by atoms with van der Waals surface area (Å²) in [7, 11) is 0. The van der Waals surface area contributed by atoms with Gasteiger partial charge in [0.25, 0.3) is 0 Å². The molecule has 1 aliphatic carbocycles. The molecule has 1 heterocycles. The van der Waals surface area contributed by atoms with E-state index in [2.05, 4.69) is 37.9 Å². The molecule has 0 spiro atoms. The number of nitrogens with one attached hydrogen (secondary N) is 1. The molecule has 0 radical (unpaired) electrons. The van der Waals surface area contributed by atoms with Crippen molar-refractivity contribution in [1.29, 1.82) is 0 Å². The third kappa shape index (κ3) is 3.69. The van der Waals surface area contributed by atoms with E-state index in [0.29, 0.717) is 11.8 Å². The minimum atomic E-state index is -0.0250. The molecule has 2 rings (SSSR count). The number of nitrogens with zero attached hydrogens (tertiary/aromatic N) is 1. The number of rotatable bonds is 4. The molecule has 2 N–H and O–H groups in total. The molecule has 1 aliphatic heterocycles. The minimum absolute atomic E-state index is 0.0250. The van der Waals surface area contributed by atoms with Gasteiger partial charge in [-0.05, 0) is 52.0 Å². The van der Waals surface area contributed by atoms with Gasteiger partial charge in [0.1, 0.15) is 0 Å². The minimum Gasteiger partial charge on any atom is -0.393 e. The summed E-state index contributed by atoms with van der Waals surface area (Å²) in [5.41, 5.74) is 0.214. The molecule has 18 heavy (non-hydrogen) atoms. The van der Waals surface area contributed by atoms with Gasteiger partial charge in [0.2, 0.25) is 0 Å². The molecule has 3 nitrogen and oxygen atoms in total. The quantitative estimate of drug-likeness (QED) is 0.802. The fourth-order valence-corrected chi connectivity index (χ4v) is 3.46. The van der Waals surface area contributed by atoms with Crippen LogP contribution in [0, 0.1) is 17.8 Å². The van der Waals surface area contributed by atoms with E-state index in [1.165, 1.54) is 19.5 Å². The zero-order valence-electron chi connectivity index (χ0n) is 12.4. The van der Waals surface area contributed by atoms with E-state index < -0.39 is 0 Å². The molecule has 1 saturated carbocycles. The lowest BCUT2D eigenvalue weighted by molar-refractivity contribution is 0.122. The number of hydrogen-bond donors (Lipinski definition) is 2. The van der Waals surface area contributed by atoms with E-state index in [9.17, 15) is 5.11 Å². The van der Waals surface area contributed by atoms with Crippen molar-refractivity contribution in [3.05, 3.63) is 0 Å². The Kier molecular flexibility index (Phi) is 4.35. The van der Waals surface area contributed by atoms with Crippen molar-refractivity contribution in [2.45, 2.75) is 52.2 Å².